The lowest BCUT2D eigenvalue weighted by molar-refractivity contribution is -0.884. The minimum absolute atomic E-state index is 0. The summed E-state index contributed by atoms with van der Waals surface area (Å²) in [5.41, 5.74) is 10.3. The average Bonchev–Trinajstić information content (AvgIpc) is 3.56. The number of pyridine rings is 4. The largest absolute Gasteiger partial charge is 0.351 e. The van der Waals surface area contributed by atoms with E-state index in [1.54, 1.807) is 0 Å². The average molecular weight is 585 g/mol. The van der Waals surface area contributed by atoms with Gasteiger partial charge in [0, 0.05) is 70.1 Å². The first kappa shape index (κ1) is 27.1. The Kier molecular flexibility index (Phi) is 6.21. The molecule has 2 aliphatic rings. The first-order chi connectivity index (χ1) is 21.7. The first-order valence-corrected chi connectivity index (χ1v) is 15.4. The fourth-order valence-electron chi connectivity index (χ4n) is 7.58. The number of aromatic nitrogens is 4. The smallest absolute Gasteiger partial charge is 0.124 e. The van der Waals surface area contributed by atoms with Crippen LogP contribution in [0.1, 0.15) is 33.6 Å². The van der Waals surface area contributed by atoms with Gasteiger partial charge in [0.25, 0.3) is 22.8 Å². The van der Waals surface area contributed by atoms with Crippen molar-refractivity contribution in [3.8, 4) is 22.8 Å². The van der Waals surface area contributed by atoms with E-state index >= 15 is 0 Å². The van der Waals surface area contributed by atoms with Crippen LogP contribution in [0.15, 0.2) is 146 Å². The predicted molar refractivity (Wildman–Crippen MR) is 182 cm³/mol. The monoisotopic (exact) mass is 584 g/mol. The SMILES string of the molecule is C.CC1[n+]2c(ccc3ccccc32)-c2ccc3ccccc3[n+]21.CC1[n+]2c(ccc3ccccc32)-c2ccc3ccccc3[n+]21. The van der Waals surface area contributed by atoms with Crippen LogP contribution in [-0.2, 0) is 0 Å². The lowest BCUT2D eigenvalue weighted by atomic mass is 10.1. The van der Waals surface area contributed by atoms with E-state index in [1.165, 1.54) is 66.4 Å². The molecule has 8 aromatic rings. The van der Waals surface area contributed by atoms with E-state index in [4.69, 9.17) is 0 Å². The van der Waals surface area contributed by atoms with Crippen LogP contribution >= 0.6 is 0 Å². The highest BCUT2D eigenvalue weighted by atomic mass is 15.3. The van der Waals surface area contributed by atoms with E-state index in [1.807, 2.05) is 0 Å². The fourth-order valence-corrected chi connectivity index (χ4v) is 7.58. The van der Waals surface area contributed by atoms with E-state index < -0.39 is 0 Å². The van der Waals surface area contributed by atoms with Crippen LogP contribution in [-0.4, -0.2) is 0 Å². The van der Waals surface area contributed by atoms with Gasteiger partial charge in [-0.15, -0.1) is 18.3 Å². The Morgan fingerprint density at radius 3 is 0.778 bits per heavy atom. The third-order valence-electron chi connectivity index (χ3n) is 9.53. The molecule has 0 fully saturated rings. The molecule has 0 bridgehead atoms. The van der Waals surface area contributed by atoms with E-state index in [-0.39, 0.29) is 19.8 Å². The van der Waals surface area contributed by atoms with Crippen molar-refractivity contribution in [2.24, 2.45) is 0 Å². The van der Waals surface area contributed by atoms with Gasteiger partial charge in [-0.1, -0.05) is 56.0 Å². The Hall–Kier alpha value is -5.48. The van der Waals surface area contributed by atoms with Crippen LogP contribution < -0.4 is 18.3 Å². The second kappa shape index (κ2) is 10.3. The molecule has 0 unspecified atom stereocenters. The van der Waals surface area contributed by atoms with Crippen molar-refractivity contribution in [2.75, 3.05) is 0 Å². The van der Waals surface area contributed by atoms with Gasteiger partial charge in [0.2, 0.25) is 22.1 Å². The maximum Gasteiger partial charge on any atom is 0.351 e. The minimum atomic E-state index is 0. The number of hydrogen-bond acceptors (Lipinski definition) is 0. The molecule has 4 heteroatoms. The van der Waals surface area contributed by atoms with Gasteiger partial charge in [0.1, 0.15) is 0 Å². The van der Waals surface area contributed by atoms with Crippen molar-refractivity contribution >= 4 is 43.6 Å². The molecular weight excluding hydrogens is 548 g/mol. The molecule has 0 amide bonds. The van der Waals surface area contributed by atoms with E-state index in [2.05, 4.69) is 178 Å². The molecular formula is C41H36N4+4. The van der Waals surface area contributed by atoms with Gasteiger partial charge < -0.3 is 0 Å². The summed E-state index contributed by atoms with van der Waals surface area (Å²) >= 11 is 0. The summed E-state index contributed by atoms with van der Waals surface area (Å²) in [6, 6.07) is 52.3. The molecule has 2 aliphatic heterocycles. The van der Waals surface area contributed by atoms with Gasteiger partial charge in [0.15, 0.2) is 0 Å². The molecule has 45 heavy (non-hydrogen) atoms. The molecule has 4 aromatic carbocycles. The minimum Gasteiger partial charge on any atom is -0.124 e. The Balaban J connectivity index is 0.000000131. The molecule has 0 aliphatic carbocycles. The van der Waals surface area contributed by atoms with Crippen LogP contribution in [0.5, 0.6) is 0 Å². The molecule has 10 rings (SSSR count). The second-order valence-corrected chi connectivity index (χ2v) is 11.9. The molecule has 0 atom stereocenters. The summed E-state index contributed by atoms with van der Waals surface area (Å²) in [6.07, 6.45) is 0.560. The number of fused-ring (bicyclic) bond motifs is 14. The summed E-state index contributed by atoms with van der Waals surface area (Å²) < 4.78 is 9.77. The molecule has 0 saturated carbocycles. The molecule has 216 valence electrons. The van der Waals surface area contributed by atoms with Crippen molar-refractivity contribution in [1.82, 2.24) is 0 Å². The van der Waals surface area contributed by atoms with Crippen LogP contribution in [0.3, 0.4) is 0 Å². The number of hydrogen-bond donors (Lipinski definition) is 0. The van der Waals surface area contributed by atoms with Crippen LogP contribution in [0.2, 0.25) is 0 Å². The second-order valence-electron chi connectivity index (χ2n) is 11.9. The predicted octanol–water partition coefficient (Wildman–Crippen LogP) is 7.87. The van der Waals surface area contributed by atoms with Gasteiger partial charge in [-0.2, -0.15) is 0 Å². The summed E-state index contributed by atoms with van der Waals surface area (Å²) in [7, 11) is 0. The normalized spacial score (nSPS) is 13.2. The van der Waals surface area contributed by atoms with Crippen molar-refractivity contribution in [2.45, 2.75) is 33.6 Å². The zero-order valence-electron chi connectivity index (χ0n) is 24.8. The van der Waals surface area contributed by atoms with Gasteiger partial charge in [-0.3, -0.25) is 0 Å². The van der Waals surface area contributed by atoms with E-state index in [0.29, 0.717) is 0 Å². The van der Waals surface area contributed by atoms with Crippen LogP contribution in [0, 0.1) is 0 Å². The third kappa shape index (κ3) is 3.92. The summed E-state index contributed by atoms with van der Waals surface area (Å²) in [5.74, 6) is 0. The molecule has 4 aromatic heterocycles. The molecule has 0 radical (unpaired) electrons. The summed E-state index contributed by atoms with van der Waals surface area (Å²) in [5, 5.41) is 5.15. The molecule has 0 saturated heterocycles. The Labute approximate surface area is 263 Å². The fraction of sp³-hybridized carbons (Fsp3) is 0.122. The van der Waals surface area contributed by atoms with Gasteiger partial charge in [0.05, 0.1) is 13.8 Å². The van der Waals surface area contributed by atoms with Gasteiger partial charge in [-0.05, 0) is 48.5 Å². The summed E-state index contributed by atoms with van der Waals surface area (Å²) in [6.45, 7) is 4.55. The third-order valence-corrected chi connectivity index (χ3v) is 9.53. The molecule has 6 heterocycles. The number of rotatable bonds is 0. The van der Waals surface area contributed by atoms with E-state index in [9.17, 15) is 0 Å². The Morgan fingerprint density at radius 1 is 0.311 bits per heavy atom. The zero-order chi connectivity index (χ0) is 29.4. The molecule has 4 nitrogen and oxygen atoms in total. The van der Waals surface area contributed by atoms with Crippen molar-refractivity contribution < 1.29 is 18.3 Å². The quantitative estimate of drug-likeness (QED) is 0.161. The maximum atomic E-state index is 2.44. The standard InChI is InChI=1S/2C20H16N2.CH4/c2*1-14-21-17-8-4-2-6-15(17)10-12-19(21)20-13-11-16-7-3-5-9-18(16)22(14)20;/h2*2-14H,1H3;1H4/q2*+2;. The van der Waals surface area contributed by atoms with Gasteiger partial charge >= 0.3 is 12.3 Å². The topological polar surface area (TPSA) is 15.5 Å². The highest BCUT2D eigenvalue weighted by Crippen LogP contribution is 2.28. The lowest BCUT2D eigenvalue weighted by Crippen LogP contribution is -2.50. The van der Waals surface area contributed by atoms with Crippen molar-refractivity contribution in [1.29, 1.82) is 0 Å². The number of para-hydroxylation sites is 4. The van der Waals surface area contributed by atoms with Gasteiger partial charge in [-0.25, -0.2) is 0 Å². The highest BCUT2D eigenvalue weighted by Gasteiger charge is 2.44. The first-order valence-electron chi connectivity index (χ1n) is 15.4. The van der Waals surface area contributed by atoms with Crippen molar-refractivity contribution in [3.05, 3.63) is 146 Å². The van der Waals surface area contributed by atoms with Crippen LogP contribution in [0.4, 0.5) is 0 Å². The highest BCUT2D eigenvalue weighted by molar-refractivity contribution is 5.81. The Bertz CT molecular complexity index is 2100. The number of nitrogens with zero attached hydrogens (tertiary/aromatic N) is 4. The van der Waals surface area contributed by atoms with Crippen LogP contribution in [0.25, 0.3) is 66.4 Å². The molecule has 0 spiro atoms. The maximum absolute atomic E-state index is 2.44. The Morgan fingerprint density at radius 2 is 0.533 bits per heavy atom. The zero-order valence-corrected chi connectivity index (χ0v) is 24.8. The van der Waals surface area contributed by atoms with Crippen molar-refractivity contribution in [3.63, 3.8) is 0 Å². The number of benzene rings is 4. The van der Waals surface area contributed by atoms with E-state index in [0.717, 1.165) is 0 Å². The summed E-state index contributed by atoms with van der Waals surface area (Å²) in [4.78, 5) is 0. The molecule has 0 N–H and O–H groups in total. The lowest BCUT2D eigenvalue weighted by Gasteiger charge is -2.01.